The van der Waals surface area contributed by atoms with E-state index in [0.29, 0.717) is 24.3 Å². The van der Waals surface area contributed by atoms with Crippen LogP contribution >= 0.6 is 0 Å². The van der Waals surface area contributed by atoms with E-state index in [-0.39, 0.29) is 25.6 Å². The Labute approximate surface area is 191 Å². The smallest absolute Gasteiger partial charge is 0.414 e. The summed E-state index contributed by atoms with van der Waals surface area (Å²) in [5.41, 5.74) is 1.21. The zero-order valence-electron chi connectivity index (χ0n) is 18.5. The van der Waals surface area contributed by atoms with Crippen molar-refractivity contribution in [3.05, 3.63) is 65.5 Å². The molecule has 1 N–H and O–H groups in total. The Bertz CT molecular complexity index is 1060. The number of carbonyl (C=O) groups is 3. The Kier molecular flexibility index (Phi) is 6.22. The Hall–Kier alpha value is -3.62. The molecular weight excluding hydrogens is 429 g/mol. The van der Waals surface area contributed by atoms with Crippen molar-refractivity contribution in [1.29, 1.82) is 0 Å². The van der Waals surface area contributed by atoms with Gasteiger partial charge in [0, 0.05) is 25.4 Å². The zero-order valence-corrected chi connectivity index (χ0v) is 18.5. The largest absolute Gasteiger partial charge is 0.445 e. The Balaban J connectivity index is 1.35. The number of benzene rings is 2. The molecule has 0 radical (unpaired) electrons. The molecule has 4 rings (SSSR count). The van der Waals surface area contributed by atoms with E-state index in [1.54, 1.807) is 17.0 Å². The highest BCUT2D eigenvalue weighted by Crippen LogP contribution is 2.37. The van der Waals surface area contributed by atoms with E-state index in [2.05, 4.69) is 5.32 Å². The monoisotopic (exact) mass is 455 g/mol. The van der Waals surface area contributed by atoms with Crippen molar-refractivity contribution in [2.24, 2.45) is 0 Å². The predicted octanol–water partition coefficient (Wildman–Crippen LogP) is 3.20. The number of halogens is 1. The fourth-order valence-corrected chi connectivity index (χ4v) is 4.16. The third kappa shape index (κ3) is 4.92. The SMILES string of the molecule is CC(=O)NCC1CN(c2ccc(C3(C)CN(C(=O)OCc4ccccc4)C3)c(F)c2)C(=O)O1. The molecule has 2 aromatic carbocycles. The summed E-state index contributed by atoms with van der Waals surface area (Å²) in [6.45, 7) is 4.55. The maximum Gasteiger partial charge on any atom is 0.414 e. The number of rotatable bonds is 6. The molecule has 33 heavy (non-hydrogen) atoms. The molecule has 2 aromatic rings. The molecule has 3 amide bonds. The van der Waals surface area contributed by atoms with Gasteiger partial charge in [-0.25, -0.2) is 14.0 Å². The maximum atomic E-state index is 15.0. The van der Waals surface area contributed by atoms with Crippen LogP contribution in [0.1, 0.15) is 25.0 Å². The molecule has 8 nitrogen and oxygen atoms in total. The first-order chi connectivity index (χ1) is 15.7. The van der Waals surface area contributed by atoms with Crippen molar-refractivity contribution in [2.75, 3.05) is 31.1 Å². The van der Waals surface area contributed by atoms with Crippen LogP contribution in [0.5, 0.6) is 0 Å². The first-order valence-corrected chi connectivity index (χ1v) is 10.7. The molecule has 2 saturated heterocycles. The van der Waals surface area contributed by atoms with Crippen LogP contribution in [-0.2, 0) is 26.3 Å². The number of anilines is 1. The lowest BCUT2D eigenvalue weighted by Gasteiger charge is -2.47. The average molecular weight is 455 g/mol. The fraction of sp³-hybridized carbons (Fsp3) is 0.375. The number of hydrogen-bond acceptors (Lipinski definition) is 5. The zero-order chi connectivity index (χ0) is 23.6. The lowest BCUT2D eigenvalue weighted by Crippen LogP contribution is -2.60. The predicted molar refractivity (Wildman–Crippen MR) is 118 cm³/mol. The second-order valence-corrected chi connectivity index (χ2v) is 8.67. The van der Waals surface area contributed by atoms with Gasteiger partial charge in [0.25, 0.3) is 0 Å². The number of nitrogens with one attached hydrogen (secondary N) is 1. The number of hydrogen-bond donors (Lipinski definition) is 1. The van der Waals surface area contributed by atoms with Crippen LogP contribution in [0.15, 0.2) is 48.5 Å². The summed E-state index contributed by atoms with van der Waals surface area (Å²) >= 11 is 0. The third-order valence-corrected chi connectivity index (χ3v) is 5.91. The van der Waals surface area contributed by atoms with Crippen molar-refractivity contribution in [3.8, 4) is 0 Å². The van der Waals surface area contributed by atoms with Crippen molar-refractivity contribution in [3.63, 3.8) is 0 Å². The number of nitrogens with zero attached hydrogens (tertiary/aromatic N) is 2. The minimum atomic E-state index is -0.584. The summed E-state index contributed by atoms with van der Waals surface area (Å²) in [6.07, 6.45) is -1.51. The van der Waals surface area contributed by atoms with E-state index < -0.39 is 29.5 Å². The second-order valence-electron chi connectivity index (χ2n) is 8.67. The molecule has 2 heterocycles. The summed E-state index contributed by atoms with van der Waals surface area (Å²) in [6, 6.07) is 14.0. The van der Waals surface area contributed by atoms with E-state index in [0.717, 1.165) is 5.56 Å². The summed E-state index contributed by atoms with van der Waals surface area (Å²) in [5.74, 6) is -0.669. The van der Waals surface area contributed by atoms with Gasteiger partial charge >= 0.3 is 12.2 Å². The van der Waals surface area contributed by atoms with Gasteiger partial charge in [-0.2, -0.15) is 0 Å². The molecule has 0 spiro atoms. The van der Waals surface area contributed by atoms with Gasteiger partial charge in [-0.15, -0.1) is 0 Å². The minimum absolute atomic E-state index is 0.185. The highest BCUT2D eigenvalue weighted by atomic mass is 19.1. The van der Waals surface area contributed by atoms with Crippen LogP contribution in [0.3, 0.4) is 0 Å². The van der Waals surface area contributed by atoms with Gasteiger partial charge in [0.15, 0.2) is 0 Å². The lowest BCUT2D eigenvalue weighted by atomic mass is 9.75. The van der Waals surface area contributed by atoms with E-state index in [9.17, 15) is 14.4 Å². The molecule has 2 aliphatic rings. The highest BCUT2D eigenvalue weighted by Gasteiger charge is 2.45. The van der Waals surface area contributed by atoms with Gasteiger partial charge in [0.1, 0.15) is 18.5 Å². The first-order valence-electron chi connectivity index (χ1n) is 10.7. The van der Waals surface area contributed by atoms with Crippen LogP contribution in [-0.4, -0.2) is 55.3 Å². The minimum Gasteiger partial charge on any atom is -0.445 e. The molecular formula is C24H26FN3O5. The molecule has 0 aromatic heterocycles. The highest BCUT2D eigenvalue weighted by molar-refractivity contribution is 5.90. The van der Waals surface area contributed by atoms with Crippen LogP contribution in [0, 0.1) is 5.82 Å². The fourth-order valence-electron chi connectivity index (χ4n) is 4.16. The number of ether oxygens (including phenoxy) is 2. The lowest BCUT2D eigenvalue weighted by molar-refractivity contribution is -0.119. The molecule has 174 valence electrons. The number of carbonyl (C=O) groups excluding carboxylic acids is 3. The molecule has 0 saturated carbocycles. The van der Waals surface area contributed by atoms with Gasteiger partial charge < -0.3 is 19.7 Å². The topological polar surface area (TPSA) is 88.2 Å². The van der Waals surface area contributed by atoms with Gasteiger partial charge in [0.2, 0.25) is 5.91 Å². The van der Waals surface area contributed by atoms with Crippen LogP contribution in [0.2, 0.25) is 0 Å². The average Bonchev–Trinajstić information content (AvgIpc) is 3.15. The summed E-state index contributed by atoms with van der Waals surface area (Å²) < 4.78 is 25.6. The van der Waals surface area contributed by atoms with Gasteiger partial charge in [0.05, 0.1) is 18.8 Å². The molecule has 0 bridgehead atoms. The normalized spacial score (nSPS) is 19.0. The molecule has 0 aliphatic carbocycles. The Morgan fingerprint density at radius 3 is 2.61 bits per heavy atom. The molecule has 1 atom stereocenters. The standard InChI is InChI=1S/C24H26FN3O5/c1-16(29)26-11-19-12-28(23(31)33-19)18-8-9-20(21(25)10-18)24(2)14-27(15-24)22(30)32-13-17-6-4-3-5-7-17/h3-10,19H,11-15H2,1-2H3,(H,26,29). The summed E-state index contributed by atoms with van der Waals surface area (Å²) in [4.78, 5) is 38.4. The van der Waals surface area contributed by atoms with Crippen LogP contribution < -0.4 is 10.2 Å². The van der Waals surface area contributed by atoms with Gasteiger partial charge in [-0.05, 0) is 23.3 Å². The van der Waals surface area contributed by atoms with E-state index in [1.165, 1.54) is 17.9 Å². The molecule has 2 aliphatic heterocycles. The van der Waals surface area contributed by atoms with E-state index in [4.69, 9.17) is 9.47 Å². The van der Waals surface area contributed by atoms with Gasteiger partial charge in [-0.3, -0.25) is 9.69 Å². The number of likely N-dealkylation sites (tertiary alicyclic amines) is 1. The van der Waals surface area contributed by atoms with Crippen molar-refractivity contribution < 1.29 is 28.2 Å². The molecule has 9 heteroatoms. The number of amides is 3. The maximum absolute atomic E-state index is 15.0. The van der Waals surface area contributed by atoms with Crippen molar-refractivity contribution >= 4 is 23.8 Å². The van der Waals surface area contributed by atoms with Crippen LogP contribution in [0.4, 0.5) is 19.7 Å². The van der Waals surface area contributed by atoms with Crippen LogP contribution in [0.25, 0.3) is 0 Å². The van der Waals surface area contributed by atoms with E-state index >= 15 is 4.39 Å². The third-order valence-electron chi connectivity index (χ3n) is 5.91. The summed E-state index contributed by atoms with van der Waals surface area (Å²) in [7, 11) is 0. The van der Waals surface area contributed by atoms with Crippen molar-refractivity contribution in [1.82, 2.24) is 10.2 Å². The van der Waals surface area contributed by atoms with E-state index in [1.807, 2.05) is 37.3 Å². The quantitative estimate of drug-likeness (QED) is 0.723. The van der Waals surface area contributed by atoms with Crippen molar-refractivity contribution in [2.45, 2.75) is 32.0 Å². The molecule has 1 unspecified atom stereocenters. The van der Waals surface area contributed by atoms with Gasteiger partial charge in [-0.1, -0.05) is 43.3 Å². The Morgan fingerprint density at radius 1 is 1.21 bits per heavy atom. The second kappa shape index (κ2) is 9.09. The summed E-state index contributed by atoms with van der Waals surface area (Å²) in [5, 5.41) is 2.61. The number of cyclic esters (lactones) is 1. The molecule has 2 fully saturated rings. The Morgan fingerprint density at radius 2 is 1.94 bits per heavy atom. The first kappa shape index (κ1) is 22.6.